The van der Waals surface area contributed by atoms with E-state index in [0.717, 1.165) is 5.56 Å². The smallest absolute Gasteiger partial charge is 0.387 e. The second-order valence-corrected chi connectivity index (χ2v) is 6.59. The highest BCUT2D eigenvalue weighted by Crippen LogP contribution is 2.22. The van der Waals surface area contributed by atoms with Gasteiger partial charge in [0.05, 0.1) is 6.54 Å². The van der Waals surface area contributed by atoms with Crippen LogP contribution < -0.4 is 20.7 Å². The fourth-order valence-corrected chi connectivity index (χ4v) is 2.74. The molecule has 0 unspecified atom stereocenters. The molecule has 6 nitrogen and oxygen atoms in total. The minimum atomic E-state index is -2.88. The van der Waals surface area contributed by atoms with Crippen molar-refractivity contribution >= 4 is 11.9 Å². The van der Waals surface area contributed by atoms with Crippen LogP contribution in [0.2, 0.25) is 0 Å². The Morgan fingerprint density at radius 2 is 1.80 bits per heavy atom. The van der Waals surface area contributed by atoms with Crippen LogP contribution in [-0.2, 0) is 6.54 Å². The monoisotopic (exact) mass is 418 g/mol. The molecular formula is C22H28F2N4O2. The van der Waals surface area contributed by atoms with Crippen LogP contribution in [0, 0.1) is 6.92 Å². The molecule has 30 heavy (non-hydrogen) atoms. The second kappa shape index (κ2) is 12.4. The van der Waals surface area contributed by atoms with Crippen molar-refractivity contribution in [2.45, 2.75) is 33.4 Å². The Hall–Kier alpha value is -3.16. The fraction of sp³-hybridized carbons (Fsp3) is 0.364. The van der Waals surface area contributed by atoms with Crippen molar-refractivity contribution in [2.75, 3.05) is 19.6 Å². The number of guanidine groups is 1. The molecule has 0 aliphatic rings. The molecule has 0 aromatic heterocycles. The third kappa shape index (κ3) is 8.06. The van der Waals surface area contributed by atoms with Crippen LogP contribution in [0.4, 0.5) is 8.78 Å². The summed E-state index contributed by atoms with van der Waals surface area (Å²) in [4.78, 5) is 16.5. The first kappa shape index (κ1) is 23.1. The largest absolute Gasteiger partial charge is 0.434 e. The summed E-state index contributed by atoms with van der Waals surface area (Å²) < 4.78 is 29.8. The lowest BCUT2D eigenvalue weighted by Gasteiger charge is -2.13. The molecular weight excluding hydrogens is 390 g/mol. The summed E-state index contributed by atoms with van der Waals surface area (Å²) in [5, 5.41) is 9.16. The van der Waals surface area contributed by atoms with E-state index in [-0.39, 0.29) is 18.2 Å². The molecule has 0 atom stereocenters. The minimum Gasteiger partial charge on any atom is -0.434 e. The van der Waals surface area contributed by atoms with Crippen molar-refractivity contribution < 1.29 is 18.3 Å². The molecule has 2 aromatic rings. The van der Waals surface area contributed by atoms with E-state index in [9.17, 15) is 13.6 Å². The Bertz CT molecular complexity index is 829. The van der Waals surface area contributed by atoms with Gasteiger partial charge in [0.1, 0.15) is 5.75 Å². The van der Waals surface area contributed by atoms with Crippen molar-refractivity contribution in [2.24, 2.45) is 4.99 Å². The van der Waals surface area contributed by atoms with Crippen molar-refractivity contribution in [3.8, 4) is 5.75 Å². The predicted octanol–water partition coefficient (Wildman–Crippen LogP) is 3.47. The molecule has 0 bridgehead atoms. The van der Waals surface area contributed by atoms with Gasteiger partial charge in [0.15, 0.2) is 5.96 Å². The highest BCUT2D eigenvalue weighted by atomic mass is 19.3. The Morgan fingerprint density at radius 1 is 1.07 bits per heavy atom. The summed E-state index contributed by atoms with van der Waals surface area (Å²) in [6.45, 7) is 2.91. The highest BCUT2D eigenvalue weighted by Gasteiger charge is 2.10. The highest BCUT2D eigenvalue weighted by molar-refractivity contribution is 5.94. The summed E-state index contributed by atoms with van der Waals surface area (Å²) in [7, 11) is 0. The number of benzene rings is 2. The lowest BCUT2D eigenvalue weighted by molar-refractivity contribution is -0.0504. The van der Waals surface area contributed by atoms with E-state index in [2.05, 4.69) is 25.7 Å². The Kier molecular flexibility index (Phi) is 9.57. The maximum absolute atomic E-state index is 12.6. The molecule has 162 valence electrons. The Morgan fingerprint density at radius 3 is 2.50 bits per heavy atom. The molecule has 2 rings (SSSR count). The number of hydrogen-bond acceptors (Lipinski definition) is 3. The van der Waals surface area contributed by atoms with E-state index in [0.29, 0.717) is 43.1 Å². The third-order valence-electron chi connectivity index (χ3n) is 4.15. The molecule has 3 N–H and O–H groups in total. The first-order chi connectivity index (χ1) is 14.5. The Labute approximate surface area is 175 Å². The number of aliphatic imine (C=N–C) groups is 1. The van der Waals surface area contributed by atoms with Crippen LogP contribution in [0.3, 0.4) is 0 Å². The second-order valence-electron chi connectivity index (χ2n) is 6.59. The number of hydrogen-bond donors (Lipinski definition) is 3. The van der Waals surface area contributed by atoms with Crippen LogP contribution in [0.5, 0.6) is 5.75 Å². The number of carbonyl (C=O) groups is 1. The quantitative estimate of drug-likeness (QED) is 0.314. The average Bonchev–Trinajstić information content (AvgIpc) is 2.73. The van der Waals surface area contributed by atoms with E-state index >= 15 is 0 Å². The number of nitrogens with one attached hydrogen (secondary N) is 3. The lowest BCUT2D eigenvalue weighted by Crippen LogP contribution is -2.38. The first-order valence-corrected chi connectivity index (χ1v) is 9.89. The molecule has 0 aliphatic carbocycles. The number of aryl methyl sites for hydroxylation is 1. The van der Waals surface area contributed by atoms with Gasteiger partial charge in [-0.15, -0.1) is 0 Å². The van der Waals surface area contributed by atoms with E-state index in [1.165, 1.54) is 6.07 Å². The summed E-state index contributed by atoms with van der Waals surface area (Å²) in [6.07, 6.45) is 0.702. The molecule has 0 heterocycles. The zero-order valence-electron chi connectivity index (χ0n) is 17.3. The third-order valence-corrected chi connectivity index (χ3v) is 4.15. The van der Waals surface area contributed by atoms with E-state index < -0.39 is 6.61 Å². The van der Waals surface area contributed by atoms with Crippen LogP contribution in [0.15, 0.2) is 53.5 Å². The SMILES string of the molecule is CCNC(=NCc1cc(C)ccc1OC(F)F)NCCCNC(=O)c1ccccc1. The van der Waals surface area contributed by atoms with Gasteiger partial charge in [0.2, 0.25) is 0 Å². The van der Waals surface area contributed by atoms with Gasteiger partial charge in [-0.3, -0.25) is 4.79 Å². The van der Waals surface area contributed by atoms with Crippen LogP contribution in [-0.4, -0.2) is 38.1 Å². The molecule has 2 aromatic carbocycles. The number of alkyl halides is 2. The van der Waals surface area contributed by atoms with E-state index in [4.69, 9.17) is 0 Å². The van der Waals surface area contributed by atoms with Gasteiger partial charge in [0, 0.05) is 30.8 Å². The fourth-order valence-electron chi connectivity index (χ4n) is 2.74. The van der Waals surface area contributed by atoms with Gasteiger partial charge < -0.3 is 20.7 Å². The number of halogens is 2. The van der Waals surface area contributed by atoms with Crippen molar-refractivity contribution in [1.29, 1.82) is 0 Å². The first-order valence-electron chi connectivity index (χ1n) is 9.89. The molecule has 0 spiro atoms. The summed E-state index contributed by atoms with van der Waals surface area (Å²) in [5.41, 5.74) is 2.15. The number of rotatable bonds is 10. The molecule has 0 radical (unpaired) electrons. The van der Waals surface area contributed by atoms with Crippen molar-refractivity contribution in [1.82, 2.24) is 16.0 Å². The molecule has 0 saturated carbocycles. The molecule has 8 heteroatoms. The van der Waals surface area contributed by atoms with Crippen LogP contribution >= 0.6 is 0 Å². The van der Waals surface area contributed by atoms with Gasteiger partial charge >= 0.3 is 6.61 Å². The van der Waals surface area contributed by atoms with E-state index in [1.807, 2.05) is 32.0 Å². The standard InChI is InChI=1S/C22H28F2N4O2/c1-3-25-22(27-13-7-12-26-20(29)17-8-5-4-6-9-17)28-15-18-14-16(2)10-11-19(18)30-21(23)24/h4-6,8-11,14,21H,3,7,12-13,15H2,1-2H3,(H,26,29)(H2,25,27,28). The number of ether oxygens (including phenoxy) is 1. The van der Waals surface area contributed by atoms with Gasteiger partial charge in [-0.25, -0.2) is 4.99 Å². The van der Waals surface area contributed by atoms with Crippen LogP contribution in [0.1, 0.15) is 34.8 Å². The maximum Gasteiger partial charge on any atom is 0.387 e. The van der Waals surface area contributed by atoms with Crippen molar-refractivity contribution in [3.05, 3.63) is 65.2 Å². The molecule has 0 fully saturated rings. The average molecular weight is 418 g/mol. The maximum atomic E-state index is 12.6. The lowest BCUT2D eigenvalue weighted by atomic mass is 10.1. The van der Waals surface area contributed by atoms with Crippen molar-refractivity contribution in [3.63, 3.8) is 0 Å². The number of amides is 1. The molecule has 0 saturated heterocycles. The van der Waals surface area contributed by atoms with Gasteiger partial charge in [-0.1, -0.05) is 35.9 Å². The zero-order valence-corrected chi connectivity index (χ0v) is 17.3. The van der Waals surface area contributed by atoms with Gasteiger partial charge in [0.25, 0.3) is 5.91 Å². The zero-order chi connectivity index (χ0) is 21.8. The number of nitrogens with zero attached hydrogens (tertiary/aromatic N) is 1. The number of carbonyl (C=O) groups excluding carboxylic acids is 1. The van der Waals surface area contributed by atoms with Crippen LogP contribution in [0.25, 0.3) is 0 Å². The van der Waals surface area contributed by atoms with Gasteiger partial charge in [-0.2, -0.15) is 8.78 Å². The van der Waals surface area contributed by atoms with E-state index in [1.54, 1.807) is 24.3 Å². The summed E-state index contributed by atoms with van der Waals surface area (Å²) >= 11 is 0. The predicted molar refractivity (Wildman–Crippen MR) is 114 cm³/mol. The van der Waals surface area contributed by atoms with Gasteiger partial charge in [-0.05, 0) is 38.5 Å². The normalized spacial score (nSPS) is 11.3. The Balaban J connectivity index is 1.85. The summed E-state index contributed by atoms with van der Waals surface area (Å²) in [5.74, 6) is 0.581. The topological polar surface area (TPSA) is 74.8 Å². The minimum absolute atomic E-state index is 0.109. The summed E-state index contributed by atoms with van der Waals surface area (Å²) in [6, 6.07) is 14.1. The molecule has 1 amide bonds. The molecule has 0 aliphatic heterocycles.